The Hall–Kier alpha value is -4.05. The quantitative estimate of drug-likeness (QED) is 0.246. The van der Waals surface area contributed by atoms with Crippen LogP contribution in [0.25, 0.3) is 11.0 Å². The number of rotatable bonds is 10. The molecule has 254 valence electrons. The van der Waals surface area contributed by atoms with E-state index in [2.05, 4.69) is 52.3 Å². The van der Waals surface area contributed by atoms with Crippen molar-refractivity contribution >= 4 is 67.3 Å². The molecule has 0 spiro atoms. The third-order valence-corrected chi connectivity index (χ3v) is 10.7. The fourth-order valence-electron chi connectivity index (χ4n) is 6.54. The smallest absolute Gasteiger partial charge is 0.239 e. The van der Waals surface area contributed by atoms with E-state index in [9.17, 15) is 8.42 Å². The van der Waals surface area contributed by atoms with Gasteiger partial charge in [-0.2, -0.15) is 9.97 Å². The highest BCUT2D eigenvalue weighted by atomic mass is 35.5. The molecule has 14 nitrogen and oxygen atoms in total. The number of hydrogen-bond donors (Lipinski definition) is 2. The van der Waals surface area contributed by atoms with Crippen LogP contribution in [0.1, 0.15) is 25.7 Å². The number of aromatic nitrogens is 5. The van der Waals surface area contributed by atoms with Crippen molar-refractivity contribution in [2.75, 3.05) is 79.5 Å². The summed E-state index contributed by atoms with van der Waals surface area (Å²) in [6.45, 7) is 6.41. The van der Waals surface area contributed by atoms with Crippen molar-refractivity contribution in [1.29, 1.82) is 0 Å². The van der Waals surface area contributed by atoms with Crippen molar-refractivity contribution in [3.63, 3.8) is 0 Å². The van der Waals surface area contributed by atoms with Gasteiger partial charge < -0.3 is 25.2 Å². The third-order valence-electron chi connectivity index (χ3n) is 9.20. The summed E-state index contributed by atoms with van der Waals surface area (Å²) >= 11 is 6.57. The monoisotopic (exact) mass is 693 g/mol. The van der Waals surface area contributed by atoms with Crippen molar-refractivity contribution in [2.45, 2.75) is 37.8 Å². The fraction of sp³-hybridized carbons (Fsp3) is 0.469. The summed E-state index contributed by atoms with van der Waals surface area (Å²) in [7, 11) is 0.148. The first-order chi connectivity index (χ1) is 23.2. The van der Waals surface area contributed by atoms with E-state index in [0.717, 1.165) is 70.8 Å². The van der Waals surface area contributed by atoms with Gasteiger partial charge in [0.25, 0.3) is 0 Å². The Balaban J connectivity index is 1.10. The standard InChI is InChI=1S/C32H40ClN11O3S/c1-41-16-18-42(19-17-41)21-10-14-43(15-11-21)27-9-8-26(31(39-27)47-2)38-32-36-20-23(33)30(40-32)37-25-7-6-24-28(35-13-12-34-24)29(25)44(22-4-5-22)48(3,45)46/h6-9,12-13,20-22H,4-5,10-11,14-19H2,1-3H3,(H2,36,37,38,40). The van der Waals surface area contributed by atoms with Gasteiger partial charge in [-0.05, 0) is 57.0 Å². The molecule has 16 heteroatoms. The lowest BCUT2D eigenvalue weighted by Gasteiger charge is -2.42. The molecule has 1 aliphatic carbocycles. The second-order valence-corrected chi connectivity index (χ2v) is 14.9. The predicted octanol–water partition coefficient (Wildman–Crippen LogP) is 4.11. The number of fused-ring (bicyclic) bond motifs is 1. The Kier molecular flexibility index (Phi) is 9.11. The lowest BCUT2D eigenvalue weighted by molar-refractivity contribution is 0.0981. The summed E-state index contributed by atoms with van der Waals surface area (Å²) in [5.41, 5.74) is 2.52. The summed E-state index contributed by atoms with van der Waals surface area (Å²) in [5, 5.41) is 6.72. The van der Waals surface area contributed by atoms with Gasteiger partial charge >= 0.3 is 0 Å². The Labute approximate surface area is 285 Å². The van der Waals surface area contributed by atoms with Crippen molar-refractivity contribution in [1.82, 2.24) is 34.7 Å². The van der Waals surface area contributed by atoms with Crippen LogP contribution in [0.15, 0.2) is 42.9 Å². The van der Waals surface area contributed by atoms with Crippen LogP contribution in [0, 0.1) is 0 Å². The minimum Gasteiger partial charge on any atom is -0.479 e. The molecule has 0 amide bonds. The summed E-state index contributed by atoms with van der Waals surface area (Å²) < 4.78 is 33.2. The van der Waals surface area contributed by atoms with Crippen LogP contribution in [-0.4, -0.2) is 115 Å². The molecular formula is C32H40ClN11O3S. The number of pyridine rings is 1. The number of halogens is 1. The van der Waals surface area contributed by atoms with Crippen molar-refractivity contribution < 1.29 is 13.2 Å². The molecule has 0 unspecified atom stereocenters. The van der Waals surface area contributed by atoms with E-state index in [0.29, 0.717) is 40.0 Å². The number of nitrogens with one attached hydrogen (secondary N) is 2. The van der Waals surface area contributed by atoms with Crippen LogP contribution in [0.4, 0.5) is 34.6 Å². The number of piperidine rings is 1. The Morgan fingerprint density at radius 1 is 0.896 bits per heavy atom. The molecule has 3 aromatic heterocycles. The summed E-state index contributed by atoms with van der Waals surface area (Å²) in [4.78, 5) is 30.1. The molecular weight excluding hydrogens is 654 g/mol. The lowest BCUT2D eigenvalue weighted by Crippen LogP contribution is -2.52. The van der Waals surface area contributed by atoms with E-state index in [-0.39, 0.29) is 22.8 Å². The highest BCUT2D eigenvalue weighted by Gasteiger charge is 2.38. The SMILES string of the molecule is COc1nc(N2CCC(N3CCN(C)CC3)CC2)ccc1Nc1ncc(Cl)c(Nc2ccc3nccnc3c2N(C2CC2)S(C)(=O)=O)n1. The Morgan fingerprint density at radius 3 is 2.33 bits per heavy atom. The average Bonchev–Trinajstić information content (AvgIpc) is 3.92. The third kappa shape index (κ3) is 6.90. The van der Waals surface area contributed by atoms with E-state index in [4.69, 9.17) is 21.3 Å². The van der Waals surface area contributed by atoms with Gasteiger partial charge in [0.15, 0.2) is 5.82 Å². The molecule has 4 aromatic rings. The first-order valence-electron chi connectivity index (χ1n) is 16.2. The van der Waals surface area contributed by atoms with Gasteiger partial charge in [-0.1, -0.05) is 11.6 Å². The number of ether oxygens (including phenoxy) is 1. The van der Waals surface area contributed by atoms with Gasteiger partial charge in [-0.25, -0.2) is 13.4 Å². The lowest BCUT2D eigenvalue weighted by atomic mass is 10.0. The molecule has 2 aliphatic heterocycles. The molecule has 7 rings (SSSR count). The first kappa shape index (κ1) is 32.5. The maximum absolute atomic E-state index is 13.0. The molecule has 2 saturated heterocycles. The summed E-state index contributed by atoms with van der Waals surface area (Å²) in [5.74, 6) is 1.83. The van der Waals surface area contributed by atoms with Crippen molar-refractivity contribution in [3.8, 4) is 5.88 Å². The van der Waals surface area contributed by atoms with Gasteiger partial charge in [0.05, 0.1) is 30.8 Å². The fourth-order valence-corrected chi connectivity index (χ4v) is 7.95. The molecule has 0 bridgehead atoms. The average molecular weight is 694 g/mol. The van der Waals surface area contributed by atoms with E-state index < -0.39 is 10.0 Å². The van der Waals surface area contributed by atoms with Gasteiger partial charge in [-0.3, -0.25) is 19.2 Å². The first-order valence-corrected chi connectivity index (χ1v) is 18.4. The number of benzene rings is 1. The molecule has 0 radical (unpaired) electrons. The minimum atomic E-state index is -3.63. The Bertz CT molecular complexity index is 1900. The van der Waals surface area contributed by atoms with Crippen molar-refractivity contribution in [3.05, 3.63) is 47.9 Å². The number of sulfonamides is 1. The van der Waals surface area contributed by atoms with E-state index in [1.165, 1.54) is 16.8 Å². The number of nitrogens with zero attached hydrogens (tertiary/aromatic N) is 9. The largest absolute Gasteiger partial charge is 0.479 e. The molecule has 5 heterocycles. The number of anilines is 6. The van der Waals surface area contributed by atoms with Crippen LogP contribution in [0.5, 0.6) is 5.88 Å². The van der Waals surface area contributed by atoms with Gasteiger partial charge in [-0.15, -0.1) is 0 Å². The van der Waals surface area contributed by atoms with E-state index >= 15 is 0 Å². The number of methoxy groups -OCH3 is 1. The zero-order valence-corrected chi connectivity index (χ0v) is 28.9. The molecule has 3 fully saturated rings. The molecule has 3 aliphatic rings. The molecule has 1 aromatic carbocycles. The topological polar surface area (TPSA) is 145 Å². The predicted molar refractivity (Wildman–Crippen MR) is 189 cm³/mol. The van der Waals surface area contributed by atoms with Crippen molar-refractivity contribution in [2.24, 2.45) is 0 Å². The summed E-state index contributed by atoms with van der Waals surface area (Å²) in [6.07, 6.45) is 9.54. The number of hydrogen-bond acceptors (Lipinski definition) is 13. The normalized spacial score (nSPS) is 18.2. The molecule has 48 heavy (non-hydrogen) atoms. The summed E-state index contributed by atoms with van der Waals surface area (Å²) in [6, 6.07) is 7.90. The highest BCUT2D eigenvalue weighted by molar-refractivity contribution is 7.92. The van der Waals surface area contributed by atoms with Crippen LogP contribution in [0.2, 0.25) is 5.02 Å². The Morgan fingerprint density at radius 2 is 1.62 bits per heavy atom. The molecule has 0 atom stereocenters. The maximum Gasteiger partial charge on any atom is 0.239 e. The second-order valence-electron chi connectivity index (χ2n) is 12.6. The highest BCUT2D eigenvalue weighted by Crippen LogP contribution is 2.43. The minimum absolute atomic E-state index is 0.155. The van der Waals surface area contributed by atoms with Crippen LogP contribution in [0.3, 0.4) is 0 Å². The zero-order chi connectivity index (χ0) is 33.4. The van der Waals surface area contributed by atoms with Crippen LogP contribution >= 0.6 is 11.6 Å². The number of likely N-dealkylation sites (N-methyl/N-ethyl adjacent to an activating group) is 1. The maximum atomic E-state index is 13.0. The van der Waals surface area contributed by atoms with Crippen LogP contribution in [-0.2, 0) is 10.0 Å². The molecule has 1 saturated carbocycles. The van der Waals surface area contributed by atoms with Gasteiger partial charge in [0.2, 0.25) is 21.9 Å². The van der Waals surface area contributed by atoms with E-state index in [1.54, 1.807) is 31.6 Å². The molecule has 2 N–H and O–H groups in total. The zero-order valence-electron chi connectivity index (χ0n) is 27.3. The number of piperazine rings is 1. The van der Waals surface area contributed by atoms with Gasteiger partial charge in [0, 0.05) is 63.7 Å². The van der Waals surface area contributed by atoms with E-state index in [1.807, 2.05) is 12.1 Å². The second kappa shape index (κ2) is 13.5. The van der Waals surface area contributed by atoms with Gasteiger partial charge in [0.1, 0.15) is 27.7 Å². The van der Waals surface area contributed by atoms with Crippen LogP contribution < -0.4 is 24.6 Å².